The number of benzene rings is 5. The quantitative estimate of drug-likeness (QED) is 0.0308. The van der Waals surface area contributed by atoms with Crippen molar-refractivity contribution in [2.45, 2.75) is 152 Å². The largest absolute Gasteiger partial charge is 0.382 e. The van der Waals surface area contributed by atoms with Crippen molar-refractivity contribution < 1.29 is 41.8 Å². The smallest absolute Gasteiger partial charge is 0.346 e. The molecule has 3 N–H and O–H groups in total. The van der Waals surface area contributed by atoms with E-state index in [0.717, 1.165) is 84.8 Å². The number of likely N-dealkylation sites (N-methyl/N-ethyl adjacent to an activating group) is 4. The van der Waals surface area contributed by atoms with Gasteiger partial charge in [-0.2, -0.15) is 15.6 Å². The number of hydrogen-bond donors (Lipinski definition) is 3. The van der Waals surface area contributed by atoms with Gasteiger partial charge in [0.05, 0.1) is 0 Å². The SMILES string of the molecule is CCN(OP=O)[C@@H](C)Cc1ccccc1.CCN[C@@H](C)Cc1ccccc1.CCOCC.CCOCC.CCOCC.CN[C@@H](C)Cc1ccccc1.C[C@@H](Cc1ccccc1)N(C)OP=O.C[C@@H](Cc1ccccc1)NOP=O. The van der Waals surface area contributed by atoms with Gasteiger partial charge in [0.1, 0.15) is 0 Å². The van der Waals surface area contributed by atoms with Gasteiger partial charge in [0.2, 0.25) is 0 Å². The topological polar surface area (TPSA) is 149 Å². The van der Waals surface area contributed by atoms with Crippen molar-refractivity contribution in [3.8, 4) is 0 Å². The lowest BCUT2D eigenvalue weighted by atomic mass is 10.1. The summed E-state index contributed by atoms with van der Waals surface area (Å²) in [5, 5.41) is 9.93. The molecule has 0 heterocycles. The number of nitrogens with one attached hydrogen (secondary N) is 3. The monoisotopic (exact) mass is 1170 g/mol. The molecule has 0 aromatic heterocycles. The van der Waals surface area contributed by atoms with Crippen LogP contribution in [-0.2, 0) is 73.9 Å². The Bertz CT molecular complexity index is 2010. The van der Waals surface area contributed by atoms with E-state index in [-0.39, 0.29) is 44.2 Å². The molecule has 0 unspecified atom stereocenters. The normalized spacial score (nSPS) is 12.2. The average Bonchev–Trinajstić information content (AvgIpc) is 3.47. The van der Waals surface area contributed by atoms with E-state index in [1.54, 1.807) is 17.2 Å². The Labute approximate surface area is 490 Å². The summed E-state index contributed by atoms with van der Waals surface area (Å²) in [5.74, 6) is 0. The molecule has 0 radical (unpaired) electrons. The van der Waals surface area contributed by atoms with Gasteiger partial charge in [0.25, 0.3) is 0 Å². The van der Waals surface area contributed by atoms with Crippen molar-refractivity contribution >= 4 is 26.1 Å². The first kappa shape index (κ1) is 80.2. The summed E-state index contributed by atoms with van der Waals surface area (Å²) in [7, 11) is 2.84. The Balaban J connectivity index is -0.000000872. The minimum Gasteiger partial charge on any atom is -0.382 e. The van der Waals surface area contributed by atoms with Gasteiger partial charge in [-0.25, -0.2) is 27.6 Å². The Hall–Kier alpha value is -4.04. The van der Waals surface area contributed by atoms with E-state index in [1.165, 1.54) is 27.8 Å². The molecule has 0 aliphatic rings. The molecule has 0 aliphatic carbocycles. The van der Waals surface area contributed by atoms with Crippen LogP contribution in [0.5, 0.6) is 0 Å². The lowest BCUT2D eigenvalue weighted by Gasteiger charge is -2.23. The molecule has 0 fully saturated rings. The molecule has 0 aliphatic heterocycles. The first-order valence-corrected chi connectivity index (χ1v) is 30.5. The molecule has 0 spiro atoms. The van der Waals surface area contributed by atoms with Crippen LogP contribution in [-0.4, -0.2) is 107 Å². The molecule has 17 heteroatoms. The molecule has 0 amide bonds. The standard InChI is InChI=1S/C11H16NO2P.C11H17N.C10H14NO2P.C10H15N.C9H12NO2P.3C4H10O/c1-3-12(14-15-13)10(2)9-11-7-5-4-6-8-11;1-3-12-10(2)9-11-7-5-4-6-8-11;1-9(11(2)13-14-12)8-10-6-4-3-5-7-10;1-9(11-2)8-10-6-4-3-5-7-10;1-8(10-12-13-11)7-9-5-3-2-4-6-9;3*1-3-5-4-2/h4-8,10H,3,9H2,1-2H3;4-8,10,12H,3,9H2,1-2H3;3-7,9H,8H2,1-2H3;3-7,9,11H,8H2,1-2H3;2-6,8,10H,7H2,1H3;3*3-4H2,1-2H3/t2*10-;2*9-;8-;;;/m00000.../s1. The molecule has 80 heavy (non-hydrogen) atoms. The maximum absolute atomic E-state index is 10.4. The number of ether oxygens (including phenoxy) is 3. The average molecular weight is 1170 g/mol. The fourth-order valence-electron chi connectivity index (χ4n) is 6.96. The fourth-order valence-corrected chi connectivity index (χ4v) is 7.81. The molecule has 5 atom stereocenters. The van der Waals surface area contributed by atoms with E-state index in [2.05, 4.69) is 127 Å². The van der Waals surface area contributed by atoms with Crippen molar-refractivity contribution in [1.29, 1.82) is 0 Å². The van der Waals surface area contributed by atoms with Gasteiger partial charge >= 0.3 is 26.1 Å². The number of nitrogens with zero attached hydrogens (tertiary/aromatic N) is 2. The predicted molar refractivity (Wildman–Crippen MR) is 337 cm³/mol. The highest BCUT2D eigenvalue weighted by molar-refractivity contribution is 7.17. The van der Waals surface area contributed by atoms with Gasteiger partial charge in [-0.15, -0.1) is 0 Å². The van der Waals surface area contributed by atoms with E-state index >= 15 is 0 Å². The molecule has 5 rings (SSSR count). The van der Waals surface area contributed by atoms with E-state index < -0.39 is 0 Å². The molecule has 0 bridgehead atoms. The van der Waals surface area contributed by atoms with Gasteiger partial charge < -0.3 is 24.8 Å². The molecular formula is C63H104N5O9P3. The molecule has 5 aromatic rings. The van der Waals surface area contributed by atoms with Crippen LogP contribution in [0.15, 0.2) is 152 Å². The summed E-state index contributed by atoms with van der Waals surface area (Å²) < 4.78 is 59.4. The lowest BCUT2D eigenvalue weighted by Crippen LogP contribution is -2.32. The Kier molecular flexibility index (Phi) is 61.2. The van der Waals surface area contributed by atoms with Crippen molar-refractivity contribution in [1.82, 2.24) is 26.2 Å². The second-order valence-electron chi connectivity index (χ2n) is 17.9. The van der Waals surface area contributed by atoms with E-state index in [0.29, 0.717) is 12.1 Å². The van der Waals surface area contributed by atoms with Crippen LogP contribution in [0.1, 0.15) is 118 Å². The highest BCUT2D eigenvalue weighted by Gasteiger charge is 2.14. The number of hydroxylamine groups is 5. The van der Waals surface area contributed by atoms with Crippen LogP contribution in [0.25, 0.3) is 0 Å². The van der Waals surface area contributed by atoms with Gasteiger partial charge in [-0.1, -0.05) is 166 Å². The molecule has 14 nitrogen and oxygen atoms in total. The van der Waals surface area contributed by atoms with E-state index in [4.69, 9.17) is 23.5 Å². The third-order valence-electron chi connectivity index (χ3n) is 11.2. The van der Waals surface area contributed by atoms with Crippen molar-refractivity contribution in [3.63, 3.8) is 0 Å². The van der Waals surface area contributed by atoms with Crippen molar-refractivity contribution in [2.24, 2.45) is 0 Å². The third kappa shape index (κ3) is 52.1. The third-order valence-corrected chi connectivity index (χ3v) is 12.0. The first-order chi connectivity index (χ1) is 38.7. The number of hydrogen-bond acceptors (Lipinski definition) is 14. The Morgan fingerprint density at radius 3 is 1.00 bits per heavy atom. The van der Waals surface area contributed by atoms with E-state index in [1.807, 2.05) is 142 Å². The minimum absolute atomic E-state index is 0.156. The zero-order valence-electron chi connectivity index (χ0n) is 51.4. The van der Waals surface area contributed by atoms with Gasteiger partial charge in [0.15, 0.2) is 0 Å². The van der Waals surface area contributed by atoms with Crippen molar-refractivity contribution in [3.05, 3.63) is 179 Å². The van der Waals surface area contributed by atoms with Gasteiger partial charge in [-0.3, -0.25) is 0 Å². The second-order valence-corrected chi connectivity index (χ2v) is 18.9. The van der Waals surface area contributed by atoms with Gasteiger partial charge in [0, 0.05) is 83.4 Å². The molecule has 5 aromatic carbocycles. The van der Waals surface area contributed by atoms with Crippen LogP contribution < -0.4 is 16.1 Å². The maximum atomic E-state index is 10.4. The lowest BCUT2D eigenvalue weighted by molar-refractivity contribution is -0.0743. The summed E-state index contributed by atoms with van der Waals surface area (Å²) in [6, 6.07) is 53.3. The molecule has 0 saturated heterocycles. The summed E-state index contributed by atoms with van der Waals surface area (Å²) in [6.07, 6.45) is 4.86. The fraction of sp³-hybridized carbons (Fsp3) is 0.524. The summed E-state index contributed by atoms with van der Waals surface area (Å²) in [4.78, 5) is 0. The van der Waals surface area contributed by atoms with Crippen LogP contribution in [0.2, 0.25) is 0 Å². The Morgan fingerprint density at radius 1 is 0.412 bits per heavy atom. The zero-order chi connectivity index (χ0) is 60.3. The second kappa shape index (κ2) is 61.0. The van der Waals surface area contributed by atoms with Crippen LogP contribution in [0, 0.1) is 0 Å². The summed E-state index contributed by atoms with van der Waals surface area (Å²) in [5.41, 5.74) is 9.20. The highest BCUT2D eigenvalue weighted by atomic mass is 31.1. The summed E-state index contributed by atoms with van der Waals surface area (Å²) >= 11 is 0. The minimum atomic E-state index is -0.335. The zero-order valence-corrected chi connectivity index (χ0v) is 54.1. The Morgan fingerprint density at radius 2 is 0.725 bits per heavy atom. The summed E-state index contributed by atoms with van der Waals surface area (Å²) in [6.45, 7) is 33.4. The van der Waals surface area contributed by atoms with Crippen LogP contribution in [0.3, 0.4) is 0 Å². The predicted octanol–water partition coefficient (Wildman–Crippen LogP) is 15.3. The number of rotatable bonds is 29. The van der Waals surface area contributed by atoms with E-state index in [9.17, 15) is 13.7 Å². The van der Waals surface area contributed by atoms with Gasteiger partial charge in [-0.05, 0) is 150 Å². The maximum Gasteiger partial charge on any atom is 0.346 e. The van der Waals surface area contributed by atoms with Crippen LogP contribution in [0.4, 0.5) is 0 Å². The molecule has 0 saturated carbocycles. The molecule has 450 valence electrons. The van der Waals surface area contributed by atoms with Crippen LogP contribution >= 0.6 is 26.1 Å². The molecular weight excluding hydrogens is 1060 g/mol. The van der Waals surface area contributed by atoms with Crippen molar-refractivity contribution in [2.75, 3.05) is 66.8 Å². The highest BCUT2D eigenvalue weighted by Crippen LogP contribution is 2.13. The first-order valence-electron chi connectivity index (χ1n) is 28.3.